The third-order valence-electron chi connectivity index (χ3n) is 4.86. The van der Waals surface area contributed by atoms with Gasteiger partial charge in [0.05, 0.1) is 6.42 Å². The van der Waals surface area contributed by atoms with Gasteiger partial charge >= 0.3 is 5.97 Å². The standard InChI is InChI=1S/C17H21ClFNO3/c1-10-6-7-17(16(22)23,9-11(10)2)20-15(21)8-12-13(18)4-3-5-14(12)19/h3-5,10-11H,6-9H2,1-2H3,(H,20,21)(H,22,23). The molecule has 126 valence electrons. The van der Waals surface area contributed by atoms with Crippen LogP contribution in [0.15, 0.2) is 18.2 Å². The molecule has 0 heterocycles. The fourth-order valence-electron chi connectivity index (χ4n) is 3.15. The van der Waals surface area contributed by atoms with Crippen molar-refractivity contribution in [2.75, 3.05) is 0 Å². The van der Waals surface area contributed by atoms with Crippen molar-refractivity contribution in [3.05, 3.63) is 34.6 Å². The zero-order valence-electron chi connectivity index (χ0n) is 13.2. The number of aliphatic carboxylic acids is 1. The zero-order valence-corrected chi connectivity index (χ0v) is 14.0. The molecular weight excluding hydrogens is 321 g/mol. The molecule has 2 rings (SSSR count). The molecule has 6 heteroatoms. The van der Waals surface area contributed by atoms with Gasteiger partial charge in [0.1, 0.15) is 11.4 Å². The maximum atomic E-state index is 13.8. The van der Waals surface area contributed by atoms with E-state index in [9.17, 15) is 19.1 Å². The molecule has 1 saturated carbocycles. The molecule has 1 aliphatic rings. The summed E-state index contributed by atoms with van der Waals surface area (Å²) in [6.07, 6.45) is 1.21. The van der Waals surface area contributed by atoms with Gasteiger partial charge in [-0.1, -0.05) is 31.5 Å². The lowest BCUT2D eigenvalue weighted by molar-refractivity contribution is -0.150. The van der Waals surface area contributed by atoms with E-state index in [1.54, 1.807) is 0 Å². The summed E-state index contributed by atoms with van der Waals surface area (Å²) in [7, 11) is 0. The Bertz CT molecular complexity index is 602. The van der Waals surface area contributed by atoms with Gasteiger partial charge in [0.15, 0.2) is 0 Å². The molecule has 0 aromatic heterocycles. The number of nitrogens with one attached hydrogen (secondary N) is 1. The van der Waals surface area contributed by atoms with Crippen molar-refractivity contribution in [1.29, 1.82) is 0 Å². The normalized spacial score (nSPS) is 27.5. The van der Waals surface area contributed by atoms with E-state index >= 15 is 0 Å². The van der Waals surface area contributed by atoms with Gasteiger partial charge in [-0.2, -0.15) is 0 Å². The van der Waals surface area contributed by atoms with Gasteiger partial charge in [0, 0.05) is 10.6 Å². The van der Waals surface area contributed by atoms with E-state index in [1.807, 2.05) is 6.92 Å². The average Bonchev–Trinajstić information content (AvgIpc) is 2.47. The van der Waals surface area contributed by atoms with Crippen LogP contribution in [0.25, 0.3) is 0 Å². The molecule has 1 aromatic carbocycles. The molecule has 23 heavy (non-hydrogen) atoms. The number of halogens is 2. The summed E-state index contributed by atoms with van der Waals surface area (Å²) in [6.45, 7) is 4.07. The number of amides is 1. The second kappa shape index (κ2) is 6.87. The molecule has 3 unspecified atom stereocenters. The highest BCUT2D eigenvalue weighted by Gasteiger charge is 2.45. The maximum Gasteiger partial charge on any atom is 0.329 e. The number of carboxylic acid groups (broad SMARTS) is 1. The van der Waals surface area contributed by atoms with Crippen LogP contribution in [0.3, 0.4) is 0 Å². The van der Waals surface area contributed by atoms with E-state index in [0.717, 1.165) is 6.42 Å². The van der Waals surface area contributed by atoms with Crippen LogP contribution in [0, 0.1) is 17.7 Å². The molecule has 4 nitrogen and oxygen atoms in total. The summed E-state index contributed by atoms with van der Waals surface area (Å²) in [5, 5.41) is 12.4. The summed E-state index contributed by atoms with van der Waals surface area (Å²) >= 11 is 5.92. The third-order valence-corrected chi connectivity index (χ3v) is 5.21. The number of carbonyl (C=O) groups is 2. The molecular formula is C17H21ClFNO3. The Hall–Kier alpha value is -1.62. The van der Waals surface area contributed by atoms with E-state index in [1.165, 1.54) is 18.2 Å². The lowest BCUT2D eigenvalue weighted by Crippen LogP contribution is -2.58. The topological polar surface area (TPSA) is 66.4 Å². The average molecular weight is 342 g/mol. The Morgan fingerprint density at radius 3 is 2.65 bits per heavy atom. The van der Waals surface area contributed by atoms with Gasteiger partial charge < -0.3 is 10.4 Å². The lowest BCUT2D eigenvalue weighted by Gasteiger charge is -2.40. The van der Waals surface area contributed by atoms with Crippen LogP contribution in [0.1, 0.15) is 38.7 Å². The quantitative estimate of drug-likeness (QED) is 0.881. The second-order valence-electron chi connectivity index (χ2n) is 6.51. The van der Waals surface area contributed by atoms with Crippen LogP contribution in [0.4, 0.5) is 4.39 Å². The predicted molar refractivity (Wildman–Crippen MR) is 85.8 cm³/mol. The third kappa shape index (κ3) is 3.83. The molecule has 1 amide bonds. The summed E-state index contributed by atoms with van der Waals surface area (Å²) in [6, 6.07) is 4.19. The smallest absolute Gasteiger partial charge is 0.329 e. The molecule has 1 aromatic rings. The molecule has 0 saturated heterocycles. The van der Waals surface area contributed by atoms with Crippen molar-refractivity contribution in [3.8, 4) is 0 Å². The van der Waals surface area contributed by atoms with Crippen molar-refractivity contribution in [3.63, 3.8) is 0 Å². The van der Waals surface area contributed by atoms with Gasteiger partial charge in [0.25, 0.3) is 0 Å². The van der Waals surface area contributed by atoms with Crippen LogP contribution in [0.5, 0.6) is 0 Å². The van der Waals surface area contributed by atoms with E-state index in [4.69, 9.17) is 11.6 Å². The highest BCUT2D eigenvalue weighted by Crippen LogP contribution is 2.36. The first-order chi connectivity index (χ1) is 10.7. The SMILES string of the molecule is CC1CCC(NC(=O)Cc2c(F)cccc2Cl)(C(=O)O)CC1C. The van der Waals surface area contributed by atoms with Gasteiger partial charge in [0.2, 0.25) is 5.91 Å². The lowest BCUT2D eigenvalue weighted by atomic mass is 9.71. The molecule has 0 spiro atoms. The first kappa shape index (κ1) is 17.7. The summed E-state index contributed by atoms with van der Waals surface area (Å²) in [5.74, 6) is -1.52. The van der Waals surface area contributed by atoms with Crippen LogP contribution in [-0.2, 0) is 16.0 Å². The van der Waals surface area contributed by atoms with Gasteiger partial charge in [-0.25, -0.2) is 9.18 Å². The minimum absolute atomic E-state index is 0.0874. The minimum atomic E-state index is -1.28. The van der Waals surface area contributed by atoms with Gasteiger partial charge in [-0.05, 0) is 43.2 Å². The number of hydrogen-bond acceptors (Lipinski definition) is 2. The number of carbonyl (C=O) groups excluding carboxylic acids is 1. The number of carboxylic acids is 1. The van der Waals surface area contributed by atoms with Crippen molar-refractivity contribution in [2.45, 2.75) is 45.1 Å². The Labute approximate surface area is 140 Å². The molecule has 2 N–H and O–H groups in total. The minimum Gasteiger partial charge on any atom is -0.480 e. The van der Waals surface area contributed by atoms with Crippen molar-refractivity contribution < 1.29 is 19.1 Å². The van der Waals surface area contributed by atoms with Crippen molar-refractivity contribution >= 4 is 23.5 Å². The molecule has 0 bridgehead atoms. The molecule has 0 aliphatic heterocycles. The Balaban J connectivity index is 2.15. The van der Waals surface area contributed by atoms with Gasteiger partial charge in [-0.3, -0.25) is 4.79 Å². The van der Waals surface area contributed by atoms with E-state index in [2.05, 4.69) is 12.2 Å². The summed E-state index contributed by atoms with van der Waals surface area (Å²) in [4.78, 5) is 24.0. The fourth-order valence-corrected chi connectivity index (χ4v) is 3.38. The Kier molecular flexibility index (Phi) is 5.30. The second-order valence-corrected chi connectivity index (χ2v) is 6.92. The van der Waals surface area contributed by atoms with Gasteiger partial charge in [-0.15, -0.1) is 0 Å². The largest absolute Gasteiger partial charge is 0.480 e. The first-order valence-corrected chi connectivity index (χ1v) is 8.10. The highest BCUT2D eigenvalue weighted by molar-refractivity contribution is 6.31. The molecule has 1 fully saturated rings. The summed E-state index contributed by atoms with van der Waals surface area (Å²) in [5.41, 5.74) is -1.19. The van der Waals surface area contributed by atoms with Crippen LogP contribution in [-0.4, -0.2) is 22.5 Å². The first-order valence-electron chi connectivity index (χ1n) is 7.72. The fraction of sp³-hybridized carbons (Fsp3) is 0.529. The monoisotopic (exact) mass is 341 g/mol. The number of hydrogen-bond donors (Lipinski definition) is 2. The van der Waals surface area contributed by atoms with Crippen molar-refractivity contribution in [2.24, 2.45) is 11.8 Å². The maximum absolute atomic E-state index is 13.8. The molecule has 3 atom stereocenters. The summed E-state index contributed by atoms with van der Waals surface area (Å²) < 4.78 is 13.8. The van der Waals surface area contributed by atoms with E-state index in [0.29, 0.717) is 18.8 Å². The van der Waals surface area contributed by atoms with Crippen LogP contribution in [0.2, 0.25) is 5.02 Å². The zero-order chi connectivity index (χ0) is 17.2. The Morgan fingerprint density at radius 2 is 2.09 bits per heavy atom. The number of rotatable bonds is 4. The Morgan fingerprint density at radius 1 is 1.39 bits per heavy atom. The van der Waals surface area contributed by atoms with Crippen molar-refractivity contribution in [1.82, 2.24) is 5.32 Å². The van der Waals surface area contributed by atoms with Crippen LogP contribution >= 0.6 is 11.6 Å². The molecule has 1 aliphatic carbocycles. The van der Waals surface area contributed by atoms with E-state index in [-0.39, 0.29) is 22.9 Å². The molecule has 0 radical (unpaired) electrons. The predicted octanol–water partition coefficient (Wildman–Crippen LogP) is 3.42. The number of benzene rings is 1. The van der Waals surface area contributed by atoms with E-state index < -0.39 is 23.2 Å². The van der Waals surface area contributed by atoms with Crippen LogP contribution < -0.4 is 5.32 Å². The highest BCUT2D eigenvalue weighted by atomic mass is 35.5.